The van der Waals surface area contributed by atoms with E-state index < -0.39 is 6.10 Å². The Kier molecular flexibility index (Phi) is 7.36. The molecule has 6 nitrogen and oxygen atoms in total. The molecule has 6 heteroatoms. The minimum atomic E-state index is -0.579. The van der Waals surface area contributed by atoms with Crippen molar-refractivity contribution in [1.29, 1.82) is 0 Å². The van der Waals surface area contributed by atoms with Gasteiger partial charge in [-0.25, -0.2) is 0 Å². The molecule has 1 heterocycles. The Morgan fingerprint density at radius 2 is 1.88 bits per heavy atom. The van der Waals surface area contributed by atoms with Gasteiger partial charge >= 0.3 is 0 Å². The van der Waals surface area contributed by atoms with Gasteiger partial charge in [0.1, 0.15) is 0 Å². The number of hydrogen-bond acceptors (Lipinski definition) is 4. The van der Waals surface area contributed by atoms with Crippen LogP contribution in [-0.4, -0.2) is 34.1 Å². The average molecular weight is 464 g/mol. The zero-order valence-electron chi connectivity index (χ0n) is 20.4. The summed E-state index contributed by atoms with van der Waals surface area (Å²) in [4.78, 5) is 29.8. The number of aromatic nitrogens is 1. The summed E-state index contributed by atoms with van der Waals surface area (Å²) in [6, 6.07) is 13.1. The van der Waals surface area contributed by atoms with Gasteiger partial charge in [0.25, 0.3) is 5.91 Å². The van der Waals surface area contributed by atoms with Gasteiger partial charge in [0.2, 0.25) is 5.91 Å². The number of benzene rings is 1. The van der Waals surface area contributed by atoms with Crippen LogP contribution < -0.4 is 10.6 Å². The molecule has 0 radical (unpaired) electrons. The van der Waals surface area contributed by atoms with Crippen molar-refractivity contribution in [3.8, 4) is 0 Å². The Labute approximate surface area is 202 Å². The van der Waals surface area contributed by atoms with Gasteiger partial charge in [-0.15, -0.1) is 0 Å². The van der Waals surface area contributed by atoms with Crippen LogP contribution in [-0.2, 0) is 11.3 Å². The zero-order valence-corrected chi connectivity index (χ0v) is 20.4. The standard InChI is InChI=1S/C28H37N3O3/c1-18(26(33)30-17-20-8-7-15-29-16-20)22-11-13-28(3)14-12-23(19(2)24(28)25(22)32)31-27(34)21-9-5-4-6-10-21/h4-10,15-16,18-19,22-25,32H,11-14,17H2,1-3H3,(H,30,33)(H,31,34)/t18-,19+,22-,23-,24+,25-,28-/m0/s1. The molecule has 2 amide bonds. The van der Waals surface area contributed by atoms with Gasteiger partial charge in [-0.1, -0.05) is 45.0 Å². The first kappa shape index (κ1) is 24.4. The Morgan fingerprint density at radius 1 is 1.15 bits per heavy atom. The summed E-state index contributed by atoms with van der Waals surface area (Å²) in [5, 5.41) is 17.8. The number of aliphatic hydroxyl groups is 1. The molecule has 1 aromatic heterocycles. The first-order valence-corrected chi connectivity index (χ1v) is 12.5. The fourth-order valence-electron chi connectivity index (χ4n) is 6.39. The van der Waals surface area contributed by atoms with Crippen LogP contribution >= 0.6 is 0 Å². The summed E-state index contributed by atoms with van der Waals surface area (Å²) in [7, 11) is 0. The number of fused-ring (bicyclic) bond motifs is 1. The molecule has 0 saturated heterocycles. The second-order valence-corrected chi connectivity index (χ2v) is 10.6. The number of rotatable bonds is 6. The topological polar surface area (TPSA) is 91.3 Å². The number of nitrogens with zero attached hydrogens (tertiary/aromatic N) is 1. The van der Waals surface area contributed by atoms with E-state index in [1.54, 1.807) is 12.4 Å². The molecule has 2 fully saturated rings. The highest BCUT2D eigenvalue weighted by molar-refractivity contribution is 5.94. The van der Waals surface area contributed by atoms with Gasteiger partial charge in [-0.05, 0) is 72.6 Å². The maximum atomic E-state index is 12.9. The molecule has 7 atom stereocenters. The highest BCUT2D eigenvalue weighted by atomic mass is 16.3. The average Bonchev–Trinajstić information content (AvgIpc) is 2.85. The first-order chi connectivity index (χ1) is 16.3. The quantitative estimate of drug-likeness (QED) is 0.605. The largest absolute Gasteiger partial charge is 0.392 e. The number of amides is 2. The number of carbonyl (C=O) groups excluding carboxylic acids is 2. The van der Waals surface area contributed by atoms with E-state index in [0.29, 0.717) is 12.1 Å². The Hall–Kier alpha value is -2.73. The van der Waals surface area contributed by atoms with Crippen LogP contribution in [0.5, 0.6) is 0 Å². The monoisotopic (exact) mass is 463 g/mol. The maximum absolute atomic E-state index is 12.9. The number of carbonyl (C=O) groups is 2. The Bertz CT molecular complexity index is 983. The van der Waals surface area contributed by atoms with Gasteiger partial charge in [0.15, 0.2) is 0 Å². The second-order valence-electron chi connectivity index (χ2n) is 10.6. The van der Waals surface area contributed by atoms with Gasteiger partial charge in [0.05, 0.1) is 6.10 Å². The molecule has 2 saturated carbocycles. The molecule has 0 spiro atoms. The third kappa shape index (κ3) is 5.02. The summed E-state index contributed by atoms with van der Waals surface area (Å²) in [5.74, 6) is -0.329. The summed E-state index contributed by atoms with van der Waals surface area (Å²) in [6.07, 6.45) is 6.58. The van der Waals surface area contributed by atoms with Crippen LogP contribution in [0.3, 0.4) is 0 Å². The van der Waals surface area contributed by atoms with Crippen molar-refractivity contribution in [2.75, 3.05) is 0 Å². The van der Waals surface area contributed by atoms with E-state index in [0.717, 1.165) is 31.2 Å². The predicted molar refractivity (Wildman–Crippen MR) is 132 cm³/mol. The fraction of sp³-hybridized carbons (Fsp3) is 0.536. The summed E-state index contributed by atoms with van der Waals surface area (Å²) < 4.78 is 0. The molecule has 3 N–H and O–H groups in total. The van der Waals surface area contributed by atoms with E-state index in [1.807, 2.05) is 49.4 Å². The van der Waals surface area contributed by atoms with Crippen molar-refractivity contribution in [2.24, 2.45) is 29.1 Å². The van der Waals surface area contributed by atoms with E-state index in [-0.39, 0.29) is 46.9 Å². The molecule has 34 heavy (non-hydrogen) atoms. The molecule has 182 valence electrons. The third-order valence-electron chi connectivity index (χ3n) is 8.49. The molecule has 2 aliphatic carbocycles. The molecule has 4 rings (SSSR count). The Morgan fingerprint density at radius 3 is 2.59 bits per heavy atom. The number of hydrogen-bond donors (Lipinski definition) is 3. The molecule has 2 aliphatic rings. The number of aliphatic hydroxyl groups excluding tert-OH is 1. The number of nitrogens with one attached hydrogen (secondary N) is 2. The van der Waals surface area contributed by atoms with Crippen LogP contribution in [0.15, 0.2) is 54.9 Å². The molecule has 0 aliphatic heterocycles. The summed E-state index contributed by atoms with van der Waals surface area (Å²) in [5.41, 5.74) is 1.64. The minimum Gasteiger partial charge on any atom is -0.392 e. The SMILES string of the molecule is C[C@H]1[C@@H]2[C@@H](O)[C@H]([C@H](C)C(=O)NCc3cccnc3)CC[C@@]2(C)CC[C@@H]1NC(=O)c1ccccc1. The van der Waals surface area contributed by atoms with E-state index >= 15 is 0 Å². The second kappa shape index (κ2) is 10.3. The summed E-state index contributed by atoms with van der Waals surface area (Å²) >= 11 is 0. The predicted octanol–water partition coefficient (Wildman–Crippen LogP) is 3.96. The lowest BCUT2D eigenvalue weighted by molar-refractivity contribution is -0.142. The van der Waals surface area contributed by atoms with Crippen molar-refractivity contribution in [3.63, 3.8) is 0 Å². The zero-order chi connectivity index (χ0) is 24.3. The number of pyridine rings is 1. The van der Waals surface area contributed by atoms with Gasteiger partial charge in [0, 0.05) is 36.5 Å². The van der Waals surface area contributed by atoms with Gasteiger partial charge < -0.3 is 15.7 Å². The van der Waals surface area contributed by atoms with Crippen LogP contribution in [0.1, 0.15) is 62.4 Å². The Balaban J connectivity index is 1.42. The molecular formula is C28H37N3O3. The van der Waals surface area contributed by atoms with Crippen molar-refractivity contribution < 1.29 is 14.7 Å². The van der Waals surface area contributed by atoms with E-state index in [9.17, 15) is 14.7 Å². The molecule has 0 unspecified atom stereocenters. The van der Waals surface area contributed by atoms with Crippen molar-refractivity contribution >= 4 is 11.8 Å². The lowest BCUT2D eigenvalue weighted by atomic mass is 9.51. The van der Waals surface area contributed by atoms with Crippen molar-refractivity contribution in [3.05, 3.63) is 66.0 Å². The molecular weight excluding hydrogens is 426 g/mol. The van der Waals surface area contributed by atoms with Crippen molar-refractivity contribution in [1.82, 2.24) is 15.6 Å². The van der Waals surface area contributed by atoms with E-state index in [4.69, 9.17) is 0 Å². The molecule has 1 aromatic carbocycles. The highest BCUT2D eigenvalue weighted by Gasteiger charge is 2.53. The first-order valence-electron chi connectivity index (χ1n) is 12.5. The van der Waals surface area contributed by atoms with Crippen LogP contribution in [0.4, 0.5) is 0 Å². The maximum Gasteiger partial charge on any atom is 0.251 e. The lowest BCUT2D eigenvalue weighted by Gasteiger charge is -2.56. The lowest BCUT2D eigenvalue weighted by Crippen LogP contribution is -2.58. The summed E-state index contributed by atoms with van der Waals surface area (Å²) in [6.45, 7) is 6.79. The minimum absolute atomic E-state index is 0.00824. The van der Waals surface area contributed by atoms with Crippen molar-refractivity contribution in [2.45, 2.75) is 65.1 Å². The molecule has 2 aromatic rings. The normalized spacial score (nSPS) is 31.7. The van der Waals surface area contributed by atoms with Crippen LogP contribution in [0.25, 0.3) is 0 Å². The van der Waals surface area contributed by atoms with E-state index in [2.05, 4.69) is 29.5 Å². The molecule has 0 bridgehead atoms. The van der Waals surface area contributed by atoms with Gasteiger partial charge in [-0.3, -0.25) is 14.6 Å². The van der Waals surface area contributed by atoms with Crippen LogP contribution in [0.2, 0.25) is 0 Å². The van der Waals surface area contributed by atoms with Crippen LogP contribution in [0, 0.1) is 29.1 Å². The third-order valence-corrected chi connectivity index (χ3v) is 8.49. The highest BCUT2D eigenvalue weighted by Crippen LogP contribution is 2.55. The van der Waals surface area contributed by atoms with E-state index in [1.165, 1.54) is 0 Å². The van der Waals surface area contributed by atoms with Gasteiger partial charge in [-0.2, -0.15) is 0 Å². The smallest absolute Gasteiger partial charge is 0.251 e. The fourth-order valence-corrected chi connectivity index (χ4v) is 6.39.